The van der Waals surface area contributed by atoms with E-state index in [0.717, 1.165) is 0 Å². The van der Waals surface area contributed by atoms with Gasteiger partial charge in [0, 0.05) is 11.3 Å². The molecule has 0 aliphatic heterocycles. The van der Waals surface area contributed by atoms with Crippen molar-refractivity contribution in [3.8, 4) is 0 Å². The molecule has 1 heterocycles. The van der Waals surface area contributed by atoms with Crippen LogP contribution >= 0.6 is 0 Å². The minimum absolute atomic E-state index is 0.0210. The number of amides is 2. The first-order valence-electron chi connectivity index (χ1n) is 6.80. The molecule has 0 bridgehead atoms. The van der Waals surface area contributed by atoms with Gasteiger partial charge in [0.25, 0.3) is 5.91 Å². The Morgan fingerprint density at radius 1 is 1.27 bits per heavy atom. The van der Waals surface area contributed by atoms with Gasteiger partial charge in [-0.1, -0.05) is 0 Å². The van der Waals surface area contributed by atoms with Crippen LogP contribution in [0.3, 0.4) is 0 Å². The van der Waals surface area contributed by atoms with Gasteiger partial charge in [0.15, 0.2) is 0 Å². The van der Waals surface area contributed by atoms with Crippen LogP contribution in [0, 0.1) is 6.92 Å². The number of nitrogens with one attached hydrogen (secondary N) is 2. The summed E-state index contributed by atoms with van der Waals surface area (Å²) < 4.78 is 5.39. The number of carbonyl (C=O) groups excluding carboxylic acids is 2. The Morgan fingerprint density at radius 3 is 2.50 bits per heavy atom. The van der Waals surface area contributed by atoms with Crippen LogP contribution in [0.5, 0.6) is 0 Å². The van der Waals surface area contributed by atoms with Crippen LogP contribution in [0.1, 0.15) is 28.8 Å². The van der Waals surface area contributed by atoms with Crippen molar-refractivity contribution in [3.05, 3.63) is 53.5 Å². The first-order valence-corrected chi connectivity index (χ1v) is 6.80. The van der Waals surface area contributed by atoms with Crippen LogP contribution in [0.15, 0.2) is 40.8 Å². The van der Waals surface area contributed by atoms with E-state index in [2.05, 4.69) is 10.6 Å². The lowest BCUT2D eigenvalue weighted by Crippen LogP contribution is -2.38. The highest BCUT2D eigenvalue weighted by Gasteiger charge is 2.27. The molecule has 2 rings (SSSR count). The third-order valence-electron chi connectivity index (χ3n) is 3.24. The standard InChI is InChI=1S/C16H18N2O4/c1-11-3-8-14(22-11)16(2,21)9-17-15(20)12-4-6-13(7-5-12)18-10-19/h3-8,10,21H,9H2,1-2H3,(H,17,20)(H,18,19). The highest BCUT2D eigenvalue weighted by Crippen LogP contribution is 2.22. The zero-order valence-electron chi connectivity index (χ0n) is 12.4. The maximum absolute atomic E-state index is 12.1. The fourth-order valence-corrected chi connectivity index (χ4v) is 1.95. The monoisotopic (exact) mass is 302 g/mol. The molecule has 2 aromatic rings. The second-order valence-electron chi connectivity index (χ2n) is 5.21. The molecule has 2 amide bonds. The molecular weight excluding hydrogens is 284 g/mol. The summed E-state index contributed by atoms with van der Waals surface area (Å²) in [7, 11) is 0. The van der Waals surface area contributed by atoms with E-state index in [4.69, 9.17) is 4.42 Å². The smallest absolute Gasteiger partial charge is 0.251 e. The van der Waals surface area contributed by atoms with Gasteiger partial charge >= 0.3 is 0 Å². The fourth-order valence-electron chi connectivity index (χ4n) is 1.95. The van der Waals surface area contributed by atoms with Crippen molar-refractivity contribution in [1.82, 2.24) is 5.32 Å². The summed E-state index contributed by atoms with van der Waals surface area (Å²) in [6.07, 6.45) is 0.567. The minimum Gasteiger partial charge on any atom is -0.463 e. The molecule has 116 valence electrons. The first-order chi connectivity index (χ1) is 10.4. The summed E-state index contributed by atoms with van der Waals surface area (Å²) in [5.74, 6) is 0.775. The zero-order valence-corrected chi connectivity index (χ0v) is 12.4. The maximum Gasteiger partial charge on any atom is 0.251 e. The second-order valence-corrected chi connectivity index (χ2v) is 5.21. The molecule has 22 heavy (non-hydrogen) atoms. The molecule has 0 spiro atoms. The van der Waals surface area contributed by atoms with Gasteiger partial charge in [-0.3, -0.25) is 9.59 Å². The van der Waals surface area contributed by atoms with Crippen molar-refractivity contribution in [2.45, 2.75) is 19.4 Å². The SMILES string of the molecule is Cc1ccc(C(C)(O)CNC(=O)c2ccc(NC=O)cc2)o1. The Balaban J connectivity index is 1.98. The molecule has 6 heteroatoms. The summed E-state index contributed by atoms with van der Waals surface area (Å²) in [6.45, 7) is 3.38. The lowest BCUT2D eigenvalue weighted by Gasteiger charge is -2.21. The Labute approximate surface area is 128 Å². The highest BCUT2D eigenvalue weighted by atomic mass is 16.4. The minimum atomic E-state index is -1.29. The van der Waals surface area contributed by atoms with Gasteiger partial charge in [0.05, 0.1) is 6.54 Å². The van der Waals surface area contributed by atoms with E-state index in [0.29, 0.717) is 29.2 Å². The van der Waals surface area contributed by atoms with Gasteiger partial charge in [-0.25, -0.2) is 0 Å². The maximum atomic E-state index is 12.1. The predicted molar refractivity (Wildman–Crippen MR) is 81.5 cm³/mol. The molecule has 6 nitrogen and oxygen atoms in total. The van der Waals surface area contributed by atoms with Gasteiger partial charge in [-0.15, -0.1) is 0 Å². The van der Waals surface area contributed by atoms with Crippen LogP contribution in [0.2, 0.25) is 0 Å². The summed E-state index contributed by atoms with van der Waals surface area (Å²) in [5, 5.41) is 15.5. The Morgan fingerprint density at radius 2 is 1.95 bits per heavy atom. The van der Waals surface area contributed by atoms with Gasteiger partial charge in [0.1, 0.15) is 17.1 Å². The first kappa shape index (κ1) is 15.8. The molecule has 0 fully saturated rings. The number of benzene rings is 1. The van der Waals surface area contributed by atoms with Gasteiger partial charge < -0.3 is 20.2 Å². The van der Waals surface area contributed by atoms with E-state index in [1.165, 1.54) is 0 Å². The van der Waals surface area contributed by atoms with Crippen molar-refractivity contribution in [2.24, 2.45) is 0 Å². The quantitative estimate of drug-likeness (QED) is 0.709. The third-order valence-corrected chi connectivity index (χ3v) is 3.24. The summed E-state index contributed by atoms with van der Waals surface area (Å²) in [5.41, 5.74) is -0.254. The molecule has 1 aromatic heterocycles. The topological polar surface area (TPSA) is 91.6 Å². The molecule has 1 unspecified atom stereocenters. The van der Waals surface area contributed by atoms with E-state index >= 15 is 0 Å². The van der Waals surface area contributed by atoms with Crippen LogP contribution in [0.25, 0.3) is 0 Å². The number of aryl methyl sites for hydroxylation is 1. The van der Waals surface area contributed by atoms with Crippen LogP contribution in [-0.4, -0.2) is 24.0 Å². The Bertz CT molecular complexity index is 659. The number of furan rings is 1. The number of hydrogen-bond donors (Lipinski definition) is 3. The molecule has 1 atom stereocenters. The molecular formula is C16H18N2O4. The average molecular weight is 302 g/mol. The fraction of sp³-hybridized carbons (Fsp3) is 0.250. The van der Waals surface area contributed by atoms with Crippen LogP contribution < -0.4 is 10.6 Å². The molecule has 3 N–H and O–H groups in total. The lowest BCUT2D eigenvalue weighted by atomic mass is 10.0. The molecule has 1 aromatic carbocycles. The van der Waals surface area contributed by atoms with Gasteiger partial charge in [0.2, 0.25) is 6.41 Å². The van der Waals surface area contributed by atoms with Crippen molar-refractivity contribution in [3.63, 3.8) is 0 Å². The number of rotatable bonds is 6. The molecule has 0 radical (unpaired) electrons. The van der Waals surface area contributed by atoms with Crippen molar-refractivity contribution in [2.75, 3.05) is 11.9 Å². The van der Waals surface area contributed by atoms with E-state index in [-0.39, 0.29) is 12.5 Å². The summed E-state index contributed by atoms with van der Waals surface area (Å²) >= 11 is 0. The Kier molecular flexibility index (Phi) is 4.62. The van der Waals surface area contributed by atoms with Crippen molar-refractivity contribution in [1.29, 1.82) is 0 Å². The molecule has 0 saturated heterocycles. The number of carbonyl (C=O) groups is 2. The molecule has 0 aliphatic carbocycles. The third kappa shape index (κ3) is 3.73. The molecule has 0 aliphatic rings. The second kappa shape index (κ2) is 6.44. The van der Waals surface area contributed by atoms with Crippen LogP contribution in [-0.2, 0) is 10.4 Å². The summed E-state index contributed by atoms with van der Waals surface area (Å²) in [6, 6.07) is 9.86. The number of hydrogen-bond acceptors (Lipinski definition) is 4. The van der Waals surface area contributed by atoms with Gasteiger partial charge in [-0.05, 0) is 50.2 Å². The van der Waals surface area contributed by atoms with Crippen LogP contribution in [0.4, 0.5) is 5.69 Å². The van der Waals surface area contributed by atoms with Gasteiger partial charge in [-0.2, -0.15) is 0 Å². The highest BCUT2D eigenvalue weighted by molar-refractivity contribution is 5.94. The normalized spacial score (nSPS) is 13.2. The predicted octanol–water partition coefficient (Wildman–Crippen LogP) is 1.79. The molecule has 0 saturated carbocycles. The zero-order chi connectivity index (χ0) is 16.2. The van der Waals surface area contributed by atoms with E-state index in [1.54, 1.807) is 50.2 Å². The average Bonchev–Trinajstić information content (AvgIpc) is 2.93. The number of aliphatic hydroxyl groups is 1. The van der Waals surface area contributed by atoms with E-state index in [1.807, 2.05) is 0 Å². The van der Waals surface area contributed by atoms with E-state index in [9.17, 15) is 14.7 Å². The largest absolute Gasteiger partial charge is 0.463 e. The van der Waals surface area contributed by atoms with Crippen molar-refractivity contribution >= 4 is 18.0 Å². The van der Waals surface area contributed by atoms with E-state index < -0.39 is 5.60 Å². The Hall–Kier alpha value is -2.60. The summed E-state index contributed by atoms with van der Waals surface area (Å²) in [4.78, 5) is 22.4. The number of anilines is 1. The van der Waals surface area contributed by atoms with Crippen molar-refractivity contribution < 1.29 is 19.1 Å². The lowest BCUT2D eigenvalue weighted by molar-refractivity contribution is -0.105.